The van der Waals surface area contributed by atoms with E-state index >= 15 is 0 Å². The second-order valence-electron chi connectivity index (χ2n) is 9.08. The van der Waals surface area contributed by atoms with Crippen LogP contribution in [0.5, 0.6) is 0 Å². The molecular weight excluding hydrogens is 570 g/mol. The van der Waals surface area contributed by atoms with Gasteiger partial charge in [-0.3, -0.25) is 19.7 Å². The standard InChI is InChI=1S/C13H15ClN2O2.C13H18ClNO2.CNO.K/c1-8(2)11-12(17)15-13(18)16(11)7-9-3-5-10(14)6-4-9;1-9(2)12(13(16)17-3)15-8-10-4-6-11(14)7-5-10;2-1-3;/h3-6,8,11H,7H2,1-2H3,(H,15,17,18);4-7,9,12,15H,8H2,1-3H3;;/q;;-1;+1/t11-;12-;;/m11../s1. The van der Waals surface area contributed by atoms with E-state index < -0.39 is 6.04 Å². The van der Waals surface area contributed by atoms with Gasteiger partial charge in [0, 0.05) is 23.1 Å². The Morgan fingerprint density at radius 2 is 1.49 bits per heavy atom. The van der Waals surface area contributed by atoms with Gasteiger partial charge in [0.1, 0.15) is 12.1 Å². The number of nitrogens with one attached hydrogen (secondary N) is 2. The molecule has 2 aromatic rings. The molecule has 0 spiro atoms. The first-order chi connectivity index (χ1) is 17.9. The van der Waals surface area contributed by atoms with Crippen LogP contribution in [0.25, 0.3) is 5.41 Å². The molecule has 3 rings (SSSR count). The van der Waals surface area contributed by atoms with Crippen LogP contribution in [0, 0.1) is 11.8 Å². The second kappa shape index (κ2) is 19.5. The number of rotatable bonds is 8. The van der Waals surface area contributed by atoms with Gasteiger partial charge < -0.3 is 20.4 Å². The maximum Gasteiger partial charge on any atom is 1.00 e. The van der Waals surface area contributed by atoms with Gasteiger partial charge in [0.2, 0.25) is 0 Å². The fraction of sp³-hybridized carbons (Fsp3) is 0.407. The van der Waals surface area contributed by atoms with Gasteiger partial charge in [0.25, 0.3) is 5.91 Å². The number of amides is 3. The van der Waals surface area contributed by atoms with Crippen molar-refractivity contribution in [2.24, 2.45) is 11.8 Å². The minimum Gasteiger partial charge on any atom is -0.724 e. The van der Waals surface area contributed by atoms with Crippen LogP contribution in [0.4, 0.5) is 4.79 Å². The third-order valence-electron chi connectivity index (χ3n) is 5.55. The molecule has 9 nitrogen and oxygen atoms in total. The number of esters is 1. The molecule has 12 heteroatoms. The van der Waals surface area contributed by atoms with E-state index in [1.54, 1.807) is 17.0 Å². The van der Waals surface area contributed by atoms with E-state index in [1.807, 2.05) is 64.1 Å². The number of carbonyl (C=O) groups is 3. The van der Waals surface area contributed by atoms with E-state index in [0.717, 1.165) is 11.1 Å². The monoisotopic (exact) mass is 602 g/mol. The van der Waals surface area contributed by atoms with Gasteiger partial charge >= 0.3 is 63.4 Å². The van der Waals surface area contributed by atoms with Crippen molar-refractivity contribution >= 4 is 47.2 Å². The number of isocyanates is 1. The van der Waals surface area contributed by atoms with E-state index in [9.17, 15) is 14.4 Å². The Labute approximate surface area is 282 Å². The Bertz CT molecular complexity index is 1090. The first-order valence-electron chi connectivity index (χ1n) is 11.9. The van der Waals surface area contributed by atoms with Gasteiger partial charge in [0.15, 0.2) is 0 Å². The molecule has 1 aliphatic heterocycles. The van der Waals surface area contributed by atoms with Crippen LogP contribution in [0.15, 0.2) is 48.5 Å². The molecular formula is C27H33Cl2KN4O5. The van der Waals surface area contributed by atoms with Crippen LogP contribution in [-0.4, -0.2) is 48.1 Å². The number of hydrogen-bond donors (Lipinski definition) is 2. The zero-order valence-corrected chi connectivity index (χ0v) is 27.7. The third-order valence-corrected chi connectivity index (χ3v) is 6.06. The third kappa shape index (κ3) is 13.1. The predicted octanol–water partition coefficient (Wildman–Crippen LogP) is 1.94. The molecule has 39 heavy (non-hydrogen) atoms. The number of nitrogens with zero attached hydrogens (tertiary/aromatic N) is 2. The molecule has 0 aliphatic carbocycles. The second-order valence-corrected chi connectivity index (χ2v) is 9.95. The number of ether oxygens (including phenoxy) is 1. The molecule has 1 saturated heterocycles. The topological polar surface area (TPSA) is 127 Å². The van der Waals surface area contributed by atoms with Crippen LogP contribution in [0.2, 0.25) is 10.0 Å². The van der Waals surface area contributed by atoms with Gasteiger partial charge in [0.05, 0.1) is 7.11 Å². The van der Waals surface area contributed by atoms with E-state index in [4.69, 9.17) is 38.1 Å². The fourth-order valence-corrected chi connectivity index (χ4v) is 3.94. The van der Waals surface area contributed by atoms with Crippen molar-refractivity contribution in [3.05, 3.63) is 75.1 Å². The Balaban J connectivity index is 0.000000659. The molecule has 1 aliphatic rings. The fourth-order valence-electron chi connectivity index (χ4n) is 3.69. The molecule has 206 valence electrons. The van der Waals surface area contributed by atoms with Crippen LogP contribution in [0.1, 0.15) is 38.8 Å². The van der Waals surface area contributed by atoms with Crippen LogP contribution >= 0.6 is 23.2 Å². The molecule has 0 radical (unpaired) electrons. The van der Waals surface area contributed by atoms with Gasteiger partial charge in [-0.05, 0) is 53.3 Å². The number of urea groups is 1. The first kappa shape index (κ1) is 37.4. The molecule has 1 heterocycles. The minimum absolute atomic E-state index is 0. The Morgan fingerprint density at radius 1 is 1.03 bits per heavy atom. The average Bonchev–Trinajstić information content (AvgIpc) is 3.14. The minimum atomic E-state index is -0.395. The number of methoxy groups -OCH3 is 1. The summed E-state index contributed by atoms with van der Waals surface area (Å²) >= 11 is 11.6. The Hall–Kier alpha value is -1.59. The van der Waals surface area contributed by atoms with Gasteiger partial charge in [-0.15, -0.1) is 0 Å². The van der Waals surface area contributed by atoms with E-state index in [2.05, 4.69) is 10.6 Å². The largest absolute Gasteiger partial charge is 1.00 e. The molecule has 0 aromatic heterocycles. The number of imide groups is 1. The van der Waals surface area contributed by atoms with Crippen molar-refractivity contribution in [1.29, 1.82) is 0 Å². The quantitative estimate of drug-likeness (QED) is 0.156. The smallest absolute Gasteiger partial charge is 0.724 e. The normalized spacial score (nSPS) is 14.7. The molecule has 2 aromatic carbocycles. The van der Waals surface area contributed by atoms with Gasteiger partial charge in [-0.1, -0.05) is 75.2 Å². The Kier molecular flexibility index (Phi) is 18.7. The molecule has 0 bridgehead atoms. The summed E-state index contributed by atoms with van der Waals surface area (Å²) in [5.41, 5.74) is 2.04. The average molecular weight is 604 g/mol. The van der Waals surface area contributed by atoms with E-state index in [0.29, 0.717) is 29.2 Å². The first-order valence-corrected chi connectivity index (χ1v) is 12.6. The van der Waals surface area contributed by atoms with Crippen molar-refractivity contribution in [3.8, 4) is 0 Å². The number of benzene rings is 2. The maximum absolute atomic E-state index is 11.7. The predicted molar refractivity (Wildman–Crippen MR) is 147 cm³/mol. The zero-order chi connectivity index (χ0) is 28.8. The number of hydrogen-bond acceptors (Lipinski definition) is 6. The Morgan fingerprint density at radius 3 is 1.90 bits per heavy atom. The summed E-state index contributed by atoms with van der Waals surface area (Å²) < 4.78 is 4.76. The van der Waals surface area contributed by atoms with Crippen LogP contribution in [0.3, 0.4) is 0 Å². The SMILES string of the molecule is CC(C)[C@@H]1C(=O)NC(=O)N1Cc1ccc(Cl)cc1.COC(=O)[C@H](NCc1ccc(Cl)cc1)C(C)C.[K+].[N-]=C=O. The molecule has 2 N–H and O–H groups in total. The van der Waals surface area contributed by atoms with Crippen molar-refractivity contribution in [1.82, 2.24) is 15.5 Å². The van der Waals surface area contributed by atoms with Crippen molar-refractivity contribution in [2.75, 3.05) is 7.11 Å². The van der Waals surface area contributed by atoms with Gasteiger partial charge in [-0.2, -0.15) is 0 Å². The molecule has 3 amide bonds. The van der Waals surface area contributed by atoms with Crippen LogP contribution in [-0.2, 0) is 32.2 Å². The summed E-state index contributed by atoms with van der Waals surface area (Å²) in [6.45, 7) is 8.86. The zero-order valence-electron chi connectivity index (χ0n) is 23.0. The molecule has 2 atom stereocenters. The summed E-state index contributed by atoms with van der Waals surface area (Å²) in [4.78, 5) is 44.7. The van der Waals surface area contributed by atoms with E-state index in [1.165, 1.54) is 7.11 Å². The summed E-state index contributed by atoms with van der Waals surface area (Å²) in [7, 11) is 1.40. The van der Waals surface area contributed by atoms with Gasteiger partial charge in [-0.25, -0.2) is 4.79 Å². The summed E-state index contributed by atoms with van der Waals surface area (Å²) in [5, 5.41) is 13.7. The summed E-state index contributed by atoms with van der Waals surface area (Å²) in [5.74, 6) is -0.170. The summed E-state index contributed by atoms with van der Waals surface area (Å²) in [6, 6.07) is 13.8. The molecule has 1 fully saturated rings. The van der Waals surface area contributed by atoms with Crippen molar-refractivity contribution in [3.63, 3.8) is 0 Å². The molecule has 0 saturated carbocycles. The maximum atomic E-state index is 11.7. The van der Waals surface area contributed by atoms with E-state index in [-0.39, 0.29) is 87.2 Å². The number of halogens is 2. The molecule has 0 unspecified atom stereocenters. The van der Waals surface area contributed by atoms with Crippen LogP contribution < -0.4 is 62.0 Å². The summed E-state index contributed by atoms with van der Waals surface area (Å²) in [6.07, 6.45) is 0.500. The van der Waals surface area contributed by atoms with Crippen molar-refractivity contribution < 1.29 is 75.3 Å². The number of carbonyl (C=O) groups excluding carboxylic acids is 4. The van der Waals surface area contributed by atoms with Crippen molar-refractivity contribution in [2.45, 2.75) is 52.9 Å².